The monoisotopic (exact) mass is 891 g/mol. The topological polar surface area (TPSA) is 110 Å². The number of esters is 2. The van der Waals surface area contributed by atoms with Crippen LogP contribution in [0.15, 0.2) is 60.7 Å². The van der Waals surface area contributed by atoms with Crippen LogP contribution < -0.4 is 4.74 Å². The summed E-state index contributed by atoms with van der Waals surface area (Å²) in [6, 6.07) is 18.5. The maximum absolute atomic E-state index is 13.9. The van der Waals surface area contributed by atoms with Crippen molar-refractivity contribution in [2.75, 3.05) is 6.61 Å². The molecule has 0 radical (unpaired) electrons. The van der Waals surface area contributed by atoms with E-state index in [-0.39, 0.29) is 0 Å². The number of ether oxygens (including phenoxy) is 2. The number of hydrogen-bond acceptors (Lipinski definition) is 7. The molecule has 3 aliphatic carbocycles. The second-order valence-electron chi connectivity index (χ2n) is 9.09. The quantitative estimate of drug-likeness (QED) is 0.137. The maximum atomic E-state index is 13.9. The van der Waals surface area contributed by atoms with E-state index in [1.807, 2.05) is 60.7 Å². The van der Waals surface area contributed by atoms with Crippen molar-refractivity contribution >= 4 is 89.8 Å². The summed E-state index contributed by atoms with van der Waals surface area (Å²) in [7, 11) is -6.30. The van der Waals surface area contributed by atoms with Crippen molar-refractivity contribution in [2.45, 2.75) is 17.1 Å². The maximum Gasteiger partial charge on any atom is 0.428 e. The third-order valence-electron chi connectivity index (χ3n) is 6.98. The molecule has 0 fully saturated rings. The largest absolute Gasteiger partial charge is 0.743 e. The van der Waals surface area contributed by atoms with Gasteiger partial charge in [0.05, 0.1) is 19.7 Å². The van der Waals surface area contributed by atoms with E-state index in [1.165, 1.54) is 0 Å². The lowest BCUT2D eigenvalue weighted by atomic mass is 9.54. The zero-order chi connectivity index (χ0) is 28.3. The lowest BCUT2D eigenvalue weighted by Gasteiger charge is -2.49. The lowest BCUT2D eigenvalue weighted by molar-refractivity contribution is -0.165. The first-order valence-electron chi connectivity index (χ1n) is 11.4. The van der Waals surface area contributed by atoms with Gasteiger partial charge in [-0.15, -0.1) is 0 Å². The van der Waals surface area contributed by atoms with Crippen molar-refractivity contribution in [3.8, 4) is 5.75 Å². The Bertz CT molecular complexity index is 1540. The van der Waals surface area contributed by atoms with Crippen LogP contribution >= 0.6 is 67.8 Å². The van der Waals surface area contributed by atoms with Gasteiger partial charge in [0.15, 0.2) is 15.9 Å². The first kappa shape index (κ1) is 29.1. The van der Waals surface area contributed by atoms with Crippen molar-refractivity contribution in [2.24, 2.45) is 11.8 Å². The van der Waals surface area contributed by atoms with Crippen LogP contribution in [0.3, 0.4) is 0 Å². The average molecular weight is 891 g/mol. The number of halogens is 5. The fraction of sp³-hybridized carbons (Fsp3) is 0.231. The average Bonchev–Trinajstić information content (AvgIpc) is 2.88. The fourth-order valence-electron chi connectivity index (χ4n) is 5.46. The lowest BCUT2D eigenvalue weighted by Crippen LogP contribution is -2.48. The summed E-state index contributed by atoms with van der Waals surface area (Å²) in [4.78, 5) is 26.0. The minimum atomic E-state index is -6.30. The Morgan fingerprint density at radius 1 is 0.872 bits per heavy atom. The van der Waals surface area contributed by atoms with Crippen LogP contribution in [0.5, 0.6) is 5.75 Å². The molecule has 3 aromatic carbocycles. The molecular weight excluding hydrogens is 875 g/mol. The van der Waals surface area contributed by atoms with Gasteiger partial charge in [-0.2, -0.15) is 8.78 Å². The molecule has 39 heavy (non-hydrogen) atoms. The minimum Gasteiger partial charge on any atom is -0.743 e. The van der Waals surface area contributed by atoms with E-state index in [2.05, 4.69) is 67.8 Å². The number of carbonyl (C=O) groups is 2. The Balaban J connectivity index is 1.59. The molecule has 0 aliphatic heterocycles. The van der Waals surface area contributed by atoms with Crippen LogP contribution in [0.2, 0.25) is 0 Å². The van der Waals surface area contributed by atoms with Crippen LogP contribution in [0.1, 0.15) is 34.1 Å². The van der Waals surface area contributed by atoms with Gasteiger partial charge in [-0.25, -0.2) is 13.2 Å². The molecule has 0 spiro atoms. The van der Waals surface area contributed by atoms with Crippen molar-refractivity contribution in [1.82, 2.24) is 0 Å². The van der Waals surface area contributed by atoms with Gasteiger partial charge >= 0.3 is 17.2 Å². The van der Waals surface area contributed by atoms with Gasteiger partial charge in [-0.1, -0.05) is 48.5 Å². The Hall–Kier alpha value is -1.44. The highest BCUT2D eigenvalue weighted by Crippen LogP contribution is 2.58. The van der Waals surface area contributed by atoms with Crippen molar-refractivity contribution < 1.29 is 40.8 Å². The van der Waals surface area contributed by atoms with Gasteiger partial charge < -0.3 is 14.0 Å². The summed E-state index contributed by atoms with van der Waals surface area (Å²) >= 11 is 6.27. The molecule has 3 aromatic rings. The van der Waals surface area contributed by atoms with E-state index in [0.29, 0.717) is 12.9 Å². The molecule has 13 heteroatoms. The third-order valence-corrected chi connectivity index (χ3v) is 10.00. The number of hydrogen-bond donors (Lipinski definition) is 0. The zero-order valence-electron chi connectivity index (χ0n) is 19.4. The highest BCUT2D eigenvalue weighted by atomic mass is 127. The molecule has 3 aliphatic rings. The normalized spacial score (nSPS) is 21.6. The molecule has 0 saturated carbocycles. The number of fused-ring (bicyclic) bond motifs is 1. The van der Waals surface area contributed by atoms with E-state index in [1.54, 1.807) is 0 Å². The number of carbonyl (C=O) groups excluding carboxylic acids is 2. The molecule has 204 valence electrons. The Morgan fingerprint density at radius 3 is 1.79 bits per heavy atom. The fourth-order valence-corrected chi connectivity index (χ4v) is 9.52. The Kier molecular flexibility index (Phi) is 8.02. The summed E-state index contributed by atoms with van der Waals surface area (Å²) in [6.07, 6.45) is 0. The van der Waals surface area contributed by atoms with Gasteiger partial charge in [0.2, 0.25) is 0 Å². The van der Waals surface area contributed by atoms with Gasteiger partial charge in [0, 0.05) is 21.3 Å². The standard InChI is InChI=1S/C26H17F2I3O7S/c27-26(28,39(34,35)36)25(33)37-11-17-20-13-5-1-3-7-15(13)21(16-8-4-2-6-14(16)20)22(17)24(32)38-23-18(30)9-12(29)10-19(23)31/h1-10,17,20-22H,11H2,(H,34,35,36)/p-1. The highest BCUT2D eigenvalue weighted by Gasteiger charge is 2.55. The van der Waals surface area contributed by atoms with Crippen molar-refractivity contribution in [1.29, 1.82) is 0 Å². The summed E-state index contributed by atoms with van der Waals surface area (Å²) in [5.74, 6) is -5.69. The molecule has 2 unspecified atom stereocenters. The first-order chi connectivity index (χ1) is 18.3. The summed E-state index contributed by atoms with van der Waals surface area (Å²) in [6.45, 7) is -0.728. The molecule has 0 aromatic heterocycles. The summed E-state index contributed by atoms with van der Waals surface area (Å²) in [5.41, 5.74) is 3.41. The molecule has 6 rings (SSSR count). The molecule has 2 bridgehead atoms. The van der Waals surface area contributed by atoms with E-state index < -0.39 is 57.6 Å². The SMILES string of the molecule is O=C(Oc1c(I)cc(I)cc1I)C1C2c3ccccc3C(c3ccccc32)C1COC(=O)C(F)(F)S(=O)(=O)[O-]. The molecule has 0 heterocycles. The van der Waals surface area contributed by atoms with Gasteiger partial charge in [-0.3, -0.25) is 4.79 Å². The summed E-state index contributed by atoms with van der Waals surface area (Å²) in [5, 5.41) is -5.26. The molecule has 7 nitrogen and oxygen atoms in total. The smallest absolute Gasteiger partial charge is 0.428 e. The zero-order valence-corrected chi connectivity index (χ0v) is 26.7. The van der Waals surface area contributed by atoms with Crippen LogP contribution in [0.25, 0.3) is 0 Å². The highest BCUT2D eigenvalue weighted by molar-refractivity contribution is 14.1. The Morgan fingerprint density at radius 2 is 1.33 bits per heavy atom. The van der Waals surface area contributed by atoms with Crippen LogP contribution in [-0.4, -0.2) is 36.8 Å². The predicted molar refractivity (Wildman–Crippen MR) is 159 cm³/mol. The molecule has 0 N–H and O–H groups in total. The molecular formula is C26H16F2I3O7S-. The number of benzene rings is 3. The third kappa shape index (κ3) is 5.10. The second-order valence-corrected chi connectivity index (χ2v) is 14.1. The number of alkyl halides is 2. The van der Waals surface area contributed by atoms with E-state index in [4.69, 9.17) is 9.47 Å². The predicted octanol–water partition coefficient (Wildman–Crippen LogP) is 5.61. The van der Waals surface area contributed by atoms with E-state index >= 15 is 0 Å². The van der Waals surface area contributed by atoms with E-state index in [9.17, 15) is 31.3 Å². The molecule has 0 amide bonds. The van der Waals surface area contributed by atoms with Crippen LogP contribution in [0.4, 0.5) is 8.78 Å². The first-order valence-corrected chi connectivity index (χ1v) is 16.0. The second kappa shape index (κ2) is 10.8. The van der Waals surface area contributed by atoms with Gasteiger partial charge in [0.25, 0.3) is 0 Å². The van der Waals surface area contributed by atoms with Crippen molar-refractivity contribution in [3.05, 3.63) is 93.6 Å². The molecule has 0 saturated heterocycles. The number of rotatable bonds is 6. The minimum absolute atomic E-state index is 0.351. The summed E-state index contributed by atoms with van der Waals surface area (Å²) < 4.78 is 73.9. The van der Waals surface area contributed by atoms with E-state index in [0.717, 1.165) is 25.8 Å². The van der Waals surface area contributed by atoms with Crippen LogP contribution in [0, 0.1) is 22.5 Å². The molecule has 2 atom stereocenters. The van der Waals surface area contributed by atoms with Gasteiger partial charge in [-0.05, 0) is 102 Å². The Labute approximate surface area is 263 Å². The van der Waals surface area contributed by atoms with Crippen LogP contribution in [-0.2, 0) is 24.4 Å². The van der Waals surface area contributed by atoms with Gasteiger partial charge in [0.1, 0.15) is 0 Å². The van der Waals surface area contributed by atoms with Crippen molar-refractivity contribution in [3.63, 3.8) is 0 Å².